The smallest absolute Gasteiger partial charge is 0.193 e. The van der Waals surface area contributed by atoms with Gasteiger partial charge in [-0.25, -0.2) is 4.99 Å². The molecule has 0 unspecified atom stereocenters. The highest BCUT2D eigenvalue weighted by molar-refractivity contribution is 14.0. The van der Waals surface area contributed by atoms with Crippen molar-refractivity contribution < 1.29 is 14.0 Å². The minimum absolute atomic E-state index is 0. The van der Waals surface area contributed by atoms with Gasteiger partial charge in [-0.05, 0) is 18.1 Å². The van der Waals surface area contributed by atoms with E-state index in [0.717, 1.165) is 5.69 Å². The molecule has 0 spiro atoms. The van der Waals surface area contributed by atoms with Crippen LogP contribution in [-0.2, 0) is 6.54 Å². The topological polar surface area (TPSA) is 94.9 Å². The molecule has 0 aliphatic rings. The lowest BCUT2D eigenvalue weighted by molar-refractivity contribution is 0.376. The summed E-state index contributed by atoms with van der Waals surface area (Å²) >= 11 is 0. The van der Waals surface area contributed by atoms with Crippen LogP contribution in [0.25, 0.3) is 0 Å². The normalized spacial score (nSPS) is 11.1. The number of nitrogens with two attached hydrogens (primary N) is 1. The minimum Gasteiger partial charge on any atom is -0.497 e. The average molecular weight is 446 g/mol. The molecule has 0 aliphatic heterocycles. The summed E-state index contributed by atoms with van der Waals surface area (Å²) < 4.78 is 15.7. The van der Waals surface area contributed by atoms with Gasteiger partial charge in [0.05, 0.1) is 25.6 Å². The third-order valence-corrected chi connectivity index (χ3v) is 3.24. The molecule has 1 aromatic heterocycles. The second kappa shape index (κ2) is 9.36. The van der Waals surface area contributed by atoms with Crippen LogP contribution in [0.5, 0.6) is 11.5 Å². The molecule has 0 saturated heterocycles. The molecule has 1 heterocycles. The number of halogens is 1. The number of aliphatic imine (C=N–C) groups is 1. The zero-order valence-electron chi connectivity index (χ0n) is 14.2. The van der Waals surface area contributed by atoms with Crippen LogP contribution in [0.15, 0.2) is 33.8 Å². The van der Waals surface area contributed by atoms with Crippen LogP contribution in [0.3, 0.4) is 0 Å². The van der Waals surface area contributed by atoms with Crippen LogP contribution in [0.4, 0.5) is 5.69 Å². The summed E-state index contributed by atoms with van der Waals surface area (Å²) in [5.41, 5.74) is 7.49. The molecule has 2 aromatic rings. The number of anilines is 1. The van der Waals surface area contributed by atoms with Gasteiger partial charge in [-0.15, -0.1) is 24.0 Å². The lowest BCUT2D eigenvalue weighted by atomic mass is 10.1. The van der Waals surface area contributed by atoms with Crippen molar-refractivity contribution in [3.63, 3.8) is 0 Å². The molecule has 0 bridgehead atoms. The highest BCUT2D eigenvalue weighted by atomic mass is 127. The summed E-state index contributed by atoms with van der Waals surface area (Å²) in [5.74, 6) is 2.56. The van der Waals surface area contributed by atoms with Gasteiger partial charge < -0.3 is 25.0 Å². The maximum absolute atomic E-state index is 5.92. The van der Waals surface area contributed by atoms with E-state index in [2.05, 4.69) is 29.3 Å². The highest BCUT2D eigenvalue weighted by Crippen LogP contribution is 2.28. The van der Waals surface area contributed by atoms with Crippen molar-refractivity contribution in [3.05, 3.63) is 35.7 Å². The summed E-state index contributed by atoms with van der Waals surface area (Å²) in [5, 5.41) is 6.98. The Morgan fingerprint density at radius 2 is 2.04 bits per heavy atom. The highest BCUT2D eigenvalue weighted by Gasteiger charge is 2.08. The van der Waals surface area contributed by atoms with Crippen LogP contribution in [0.2, 0.25) is 0 Å². The van der Waals surface area contributed by atoms with E-state index in [1.165, 1.54) is 0 Å². The number of guanidine groups is 1. The first kappa shape index (κ1) is 20.1. The average Bonchev–Trinajstić information content (AvgIpc) is 3.02. The van der Waals surface area contributed by atoms with Gasteiger partial charge in [0.2, 0.25) is 0 Å². The van der Waals surface area contributed by atoms with E-state index >= 15 is 0 Å². The molecule has 0 aliphatic carbocycles. The van der Waals surface area contributed by atoms with E-state index in [1.807, 2.05) is 6.07 Å². The second-order valence-electron chi connectivity index (χ2n) is 5.27. The Hall–Kier alpha value is -1.97. The van der Waals surface area contributed by atoms with Gasteiger partial charge in [-0.1, -0.05) is 19.0 Å². The monoisotopic (exact) mass is 446 g/mol. The number of benzene rings is 1. The third-order valence-electron chi connectivity index (χ3n) is 3.24. The molecule has 7 nitrogen and oxygen atoms in total. The molecule has 3 N–H and O–H groups in total. The van der Waals surface area contributed by atoms with Crippen LogP contribution in [0.1, 0.15) is 31.2 Å². The third kappa shape index (κ3) is 5.29. The van der Waals surface area contributed by atoms with E-state index in [0.29, 0.717) is 35.4 Å². The van der Waals surface area contributed by atoms with E-state index < -0.39 is 0 Å². The van der Waals surface area contributed by atoms with Gasteiger partial charge in [0.15, 0.2) is 11.7 Å². The number of hydrogen-bond donors (Lipinski definition) is 2. The Kier molecular flexibility index (Phi) is 7.83. The maximum Gasteiger partial charge on any atom is 0.193 e. The molecule has 2 rings (SSSR count). The van der Waals surface area contributed by atoms with Gasteiger partial charge in [0.1, 0.15) is 18.0 Å². The lowest BCUT2D eigenvalue weighted by Gasteiger charge is -2.11. The standard InChI is InChI=1S/C16H22N4O3.HI/c1-10(2)13-8-12(23-20-13)9-18-16(17)19-14-7-11(21-3)5-6-15(14)22-4;/h5-8,10H,9H2,1-4H3,(H3,17,18,19);1H. The Morgan fingerprint density at radius 1 is 1.29 bits per heavy atom. The van der Waals surface area contributed by atoms with Crippen molar-refractivity contribution in [3.8, 4) is 11.5 Å². The van der Waals surface area contributed by atoms with E-state index in [-0.39, 0.29) is 29.9 Å². The van der Waals surface area contributed by atoms with Crippen LogP contribution in [-0.4, -0.2) is 25.3 Å². The predicted molar refractivity (Wildman–Crippen MR) is 105 cm³/mol. The van der Waals surface area contributed by atoms with E-state index in [4.69, 9.17) is 19.7 Å². The van der Waals surface area contributed by atoms with E-state index in [9.17, 15) is 0 Å². The molecule has 0 saturated carbocycles. The van der Waals surface area contributed by atoms with Crippen molar-refractivity contribution in [2.45, 2.75) is 26.3 Å². The van der Waals surface area contributed by atoms with Crippen molar-refractivity contribution in [2.24, 2.45) is 10.7 Å². The van der Waals surface area contributed by atoms with Crippen LogP contribution in [0, 0.1) is 0 Å². The SMILES string of the molecule is COc1ccc(OC)c(NC(N)=NCc2cc(C(C)C)no2)c1.I. The number of aromatic nitrogens is 1. The van der Waals surface area contributed by atoms with E-state index in [1.54, 1.807) is 32.4 Å². The van der Waals surface area contributed by atoms with Crippen molar-refractivity contribution in [2.75, 3.05) is 19.5 Å². The summed E-state index contributed by atoms with van der Waals surface area (Å²) in [6.07, 6.45) is 0. The fourth-order valence-electron chi connectivity index (χ4n) is 1.93. The molecule has 24 heavy (non-hydrogen) atoms. The fourth-order valence-corrected chi connectivity index (χ4v) is 1.93. The van der Waals surface area contributed by atoms with Gasteiger partial charge in [-0.3, -0.25) is 0 Å². The molecule has 0 atom stereocenters. The summed E-state index contributed by atoms with van der Waals surface area (Å²) in [7, 11) is 3.18. The largest absolute Gasteiger partial charge is 0.497 e. The van der Waals surface area contributed by atoms with Crippen molar-refractivity contribution >= 4 is 35.6 Å². The zero-order chi connectivity index (χ0) is 16.8. The first-order valence-electron chi connectivity index (χ1n) is 7.28. The predicted octanol–water partition coefficient (Wildman–Crippen LogP) is 3.36. The Morgan fingerprint density at radius 3 is 2.62 bits per heavy atom. The molecule has 0 radical (unpaired) electrons. The molecule has 0 fully saturated rings. The summed E-state index contributed by atoms with van der Waals surface area (Å²) in [4.78, 5) is 4.25. The first-order chi connectivity index (χ1) is 11.0. The Labute approximate surface area is 158 Å². The fraction of sp³-hybridized carbons (Fsp3) is 0.375. The Bertz CT molecular complexity index is 686. The molecule has 8 heteroatoms. The number of nitrogens with zero attached hydrogens (tertiary/aromatic N) is 2. The molecule has 0 amide bonds. The quantitative estimate of drug-likeness (QED) is 0.402. The van der Waals surface area contributed by atoms with Crippen LogP contribution >= 0.6 is 24.0 Å². The van der Waals surface area contributed by atoms with Crippen molar-refractivity contribution in [1.29, 1.82) is 0 Å². The minimum atomic E-state index is 0. The van der Waals surface area contributed by atoms with Gasteiger partial charge in [-0.2, -0.15) is 0 Å². The summed E-state index contributed by atoms with van der Waals surface area (Å²) in [6.45, 7) is 4.41. The molecule has 1 aromatic carbocycles. The first-order valence-corrected chi connectivity index (χ1v) is 7.28. The molecule has 132 valence electrons. The Balaban J connectivity index is 0.00000288. The zero-order valence-corrected chi connectivity index (χ0v) is 16.5. The van der Waals surface area contributed by atoms with Crippen molar-refractivity contribution in [1.82, 2.24) is 5.16 Å². The molecular formula is C16H23IN4O3. The number of ether oxygens (including phenoxy) is 2. The summed E-state index contributed by atoms with van der Waals surface area (Å²) in [6, 6.07) is 7.26. The number of hydrogen-bond acceptors (Lipinski definition) is 5. The van der Waals surface area contributed by atoms with Crippen LogP contribution < -0.4 is 20.5 Å². The van der Waals surface area contributed by atoms with Gasteiger partial charge >= 0.3 is 0 Å². The number of methoxy groups -OCH3 is 2. The van der Waals surface area contributed by atoms with Gasteiger partial charge in [0, 0.05) is 12.1 Å². The second-order valence-corrected chi connectivity index (χ2v) is 5.27. The molecular weight excluding hydrogens is 423 g/mol. The number of nitrogens with one attached hydrogen (secondary N) is 1. The maximum atomic E-state index is 5.92. The number of rotatable bonds is 6. The van der Waals surface area contributed by atoms with Gasteiger partial charge in [0.25, 0.3) is 0 Å². The lowest BCUT2D eigenvalue weighted by Crippen LogP contribution is -2.23.